The first kappa shape index (κ1) is 22.4. The van der Waals surface area contributed by atoms with E-state index in [1.807, 2.05) is 42.5 Å². The van der Waals surface area contributed by atoms with Crippen LogP contribution in [0, 0.1) is 0 Å². The Morgan fingerprint density at radius 2 is 1.60 bits per heavy atom. The SMILES string of the molecule is Brc1cc(Br)c2c(c1)[C@H]1CC(c3ccccc3)=NN1[C@H](c1ccc(OCc3ccccc3)cc1)O2. The van der Waals surface area contributed by atoms with E-state index in [1.165, 1.54) is 0 Å². The zero-order valence-corrected chi connectivity index (χ0v) is 21.9. The summed E-state index contributed by atoms with van der Waals surface area (Å²) in [6.45, 7) is 0.536. The standard InChI is InChI=1S/C29H22Br2N2O2/c30-22-15-24-27-17-26(20-9-5-2-6-10-20)32-33(27)29(35-28(24)25(31)16-22)21-11-13-23(14-12-21)34-18-19-7-3-1-4-8-19/h1-16,27,29H,17-18H2/t27-,29+/m1/s1. The van der Waals surface area contributed by atoms with Crippen molar-refractivity contribution in [3.05, 3.63) is 128 Å². The molecule has 6 heteroatoms. The van der Waals surface area contributed by atoms with Gasteiger partial charge < -0.3 is 9.47 Å². The molecule has 2 aliphatic rings. The minimum atomic E-state index is -0.339. The smallest absolute Gasteiger partial charge is 0.213 e. The maximum absolute atomic E-state index is 6.58. The molecule has 0 amide bonds. The minimum absolute atomic E-state index is 0.0850. The molecule has 4 aromatic rings. The Labute approximate surface area is 221 Å². The summed E-state index contributed by atoms with van der Waals surface area (Å²) in [4.78, 5) is 0. The zero-order valence-electron chi connectivity index (χ0n) is 18.8. The lowest BCUT2D eigenvalue weighted by atomic mass is 9.96. The van der Waals surface area contributed by atoms with Gasteiger partial charge in [-0.05, 0) is 63.5 Å². The third-order valence-corrected chi connectivity index (χ3v) is 7.38. The molecule has 2 atom stereocenters. The van der Waals surface area contributed by atoms with Crippen molar-refractivity contribution in [1.29, 1.82) is 0 Å². The molecular formula is C29H22Br2N2O2. The highest BCUT2D eigenvalue weighted by atomic mass is 79.9. The quantitative estimate of drug-likeness (QED) is 0.236. The van der Waals surface area contributed by atoms with E-state index in [4.69, 9.17) is 14.6 Å². The summed E-state index contributed by atoms with van der Waals surface area (Å²) < 4.78 is 14.5. The highest BCUT2D eigenvalue weighted by Crippen LogP contribution is 2.50. The van der Waals surface area contributed by atoms with Gasteiger partial charge in [-0.1, -0.05) is 76.6 Å². The Bertz CT molecular complexity index is 1380. The maximum Gasteiger partial charge on any atom is 0.213 e. The summed E-state index contributed by atoms with van der Waals surface area (Å²) in [7, 11) is 0. The maximum atomic E-state index is 6.58. The fraction of sp³-hybridized carbons (Fsp3) is 0.138. The number of fused-ring (bicyclic) bond motifs is 3. The number of hydrogen-bond donors (Lipinski definition) is 0. The number of ether oxygens (including phenoxy) is 2. The van der Waals surface area contributed by atoms with E-state index in [9.17, 15) is 0 Å². The van der Waals surface area contributed by atoms with Crippen LogP contribution in [0.15, 0.2) is 111 Å². The molecular weight excluding hydrogens is 568 g/mol. The fourth-order valence-corrected chi connectivity index (χ4v) is 5.96. The van der Waals surface area contributed by atoms with E-state index in [-0.39, 0.29) is 12.3 Å². The van der Waals surface area contributed by atoms with E-state index in [1.54, 1.807) is 0 Å². The number of nitrogens with zero attached hydrogens (tertiary/aromatic N) is 2. The monoisotopic (exact) mass is 588 g/mol. The van der Waals surface area contributed by atoms with E-state index in [0.29, 0.717) is 6.61 Å². The third kappa shape index (κ3) is 4.48. The van der Waals surface area contributed by atoms with Crippen LogP contribution < -0.4 is 9.47 Å². The molecule has 2 heterocycles. The minimum Gasteiger partial charge on any atom is -0.489 e. The van der Waals surface area contributed by atoms with Gasteiger partial charge in [0, 0.05) is 22.0 Å². The van der Waals surface area contributed by atoms with Gasteiger partial charge in [-0.15, -0.1) is 0 Å². The molecule has 0 radical (unpaired) electrons. The molecule has 35 heavy (non-hydrogen) atoms. The van der Waals surface area contributed by atoms with Crippen LogP contribution in [0.2, 0.25) is 0 Å². The lowest BCUT2D eigenvalue weighted by Gasteiger charge is -2.38. The Balaban J connectivity index is 1.32. The molecule has 0 bridgehead atoms. The Morgan fingerprint density at radius 1 is 0.886 bits per heavy atom. The van der Waals surface area contributed by atoms with Crippen LogP contribution in [0.4, 0.5) is 0 Å². The molecule has 4 aromatic carbocycles. The second-order valence-corrected chi connectivity index (χ2v) is 10.4. The van der Waals surface area contributed by atoms with Crippen LogP contribution in [-0.4, -0.2) is 10.7 Å². The van der Waals surface area contributed by atoms with Crippen molar-refractivity contribution in [3.8, 4) is 11.5 Å². The first-order chi connectivity index (χ1) is 17.2. The molecule has 174 valence electrons. The number of rotatable bonds is 5. The number of hydrogen-bond acceptors (Lipinski definition) is 4. The first-order valence-electron chi connectivity index (χ1n) is 11.5. The Morgan fingerprint density at radius 3 is 2.34 bits per heavy atom. The average molecular weight is 590 g/mol. The molecule has 0 unspecified atom stereocenters. The predicted molar refractivity (Wildman–Crippen MR) is 145 cm³/mol. The number of halogens is 2. The van der Waals surface area contributed by atoms with Crippen molar-refractivity contribution >= 4 is 37.6 Å². The molecule has 2 aliphatic heterocycles. The summed E-state index contributed by atoms with van der Waals surface area (Å²) in [6.07, 6.45) is 0.479. The topological polar surface area (TPSA) is 34.1 Å². The van der Waals surface area contributed by atoms with Crippen LogP contribution in [0.1, 0.15) is 40.9 Å². The molecule has 0 fully saturated rings. The van der Waals surface area contributed by atoms with E-state index in [2.05, 4.69) is 91.5 Å². The summed E-state index contributed by atoms with van der Waals surface area (Å²) >= 11 is 7.36. The van der Waals surface area contributed by atoms with E-state index in [0.717, 1.165) is 54.8 Å². The second-order valence-electron chi connectivity index (χ2n) is 8.63. The van der Waals surface area contributed by atoms with Crippen molar-refractivity contribution < 1.29 is 9.47 Å². The number of hydrazone groups is 1. The fourth-order valence-electron chi connectivity index (χ4n) is 4.61. The van der Waals surface area contributed by atoms with Crippen molar-refractivity contribution in [3.63, 3.8) is 0 Å². The lowest BCUT2D eigenvalue weighted by molar-refractivity contribution is -0.0197. The summed E-state index contributed by atoms with van der Waals surface area (Å²) in [6, 6.07) is 32.9. The van der Waals surface area contributed by atoms with Crippen molar-refractivity contribution in [1.82, 2.24) is 5.01 Å². The highest BCUT2D eigenvalue weighted by molar-refractivity contribution is 9.11. The molecule has 6 rings (SSSR count). The predicted octanol–water partition coefficient (Wildman–Crippen LogP) is 8.03. The van der Waals surface area contributed by atoms with Crippen molar-refractivity contribution in [2.45, 2.75) is 25.3 Å². The average Bonchev–Trinajstić information content (AvgIpc) is 3.35. The van der Waals surface area contributed by atoms with Gasteiger partial charge >= 0.3 is 0 Å². The van der Waals surface area contributed by atoms with Crippen molar-refractivity contribution in [2.75, 3.05) is 0 Å². The lowest BCUT2D eigenvalue weighted by Crippen LogP contribution is -2.33. The Kier molecular flexibility index (Phi) is 6.08. The first-order valence-corrected chi connectivity index (χ1v) is 13.1. The van der Waals surface area contributed by atoms with Gasteiger partial charge in [0.05, 0.1) is 16.2 Å². The van der Waals surface area contributed by atoms with E-state index < -0.39 is 0 Å². The molecule has 0 spiro atoms. The van der Waals surface area contributed by atoms with Crippen LogP contribution in [0.5, 0.6) is 11.5 Å². The normalized spacial score (nSPS) is 18.3. The molecule has 0 saturated heterocycles. The van der Waals surface area contributed by atoms with Crippen LogP contribution in [-0.2, 0) is 6.61 Å². The Hall–Kier alpha value is -3.09. The summed E-state index contributed by atoms with van der Waals surface area (Å²) in [5.74, 6) is 1.69. The highest BCUT2D eigenvalue weighted by Gasteiger charge is 2.41. The van der Waals surface area contributed by atoms with Crippen LogP contribution >= 0.6 is 31.9 Å². The molecule has 0 aliphatic carbocycles. The van der Waals surface area contributed by atoms with E-state index >= 15 is 0 Å². The third-order valence-electron chi connectivity index (χ3n) is 6.33. The van der Waals surface area contributed by atoms with Crippen LogP contribution in [0.25, 0.3) is 0 Å². The molecule has 4 nitrogen and oxygen atoms in total. The van der Waals surface area contributed by atoms with Gasteiger partial charge in [0.1, 0.15) is 18.1 Å². The van der Waals surface area contributed by atoms with Gasteiger partial charge in [-0.2, -0.15) is 5.10 Å². The van der Waals surface area contributed by atoms with Gasteiger partial charge in [0.25, 0.3) is 0 Å². The van der Waals surface area contributed by atoms with Gasteiger partial charge in [-0.25, -0.2) is 5.01 Å². The van der Waals surface area contributed by atoms with Crippen molar-refractivity contribution in [2.24, 2.45) is 5.10 Å². The van der Waals surface area contributed by atoms with Gasteiger partial charge in [0.15, 0.2) is 0 Å². The molecule has 0 N–H and O–H groups in total. The largest absolute Gasteiger partial charge is 0.489 e. The summed E-state index contributed by atoms with van der Waals surface area (Å²) in [5, 5.41) is 7.16. The van der Waals surface area contributed by atoms with Gasteiger partial charge in [0.2, 0.25) is 6.23 Å². The zero-order chi connectivity index (χ0) is 23.8. The van der Waals surface area contributed by atoms with Gasteiger partial charge in [-0.3, -0.25) is 0 Å². The molecule has 0 aromatic heterocycles. The van der Waals surface area contributed by atoms with Crippen LogP contribution in [0.3, 0.4) is 0 Å². The summed E-state index contributed by atoms with van der Waals surface area (Å²) in [5.41, 5.74) is 5.50. The number of benzene rings is 4. The second kappa shape index (κ2) is 9.51. The molecule has 0 saturated carbocycles.